The van der Waals surface area contributed by atoms with Crippen molar-refractivity contribution in [2.45, 2.75) is 6.54 Å². The average molecular weight is 399 g/mol. The molecule has 2 aromatic heterocycles. The van der Waals surface area contributed by atoms with E-state index in [-0.39, 0.29) is 17.9 Å². The lowest BCUT2D eigenvalue weighted by molar-refractivity contribution is 0.0942. The number of rotatable bonds is 3. The Hall–Kier alpha value is -2.28. The van der Waals surface area contributed by atoms with Gasteiger partial charge in [-0.15, -0.1) is 0 Å². The number of aromatic hydroxyl groups is 1. The number of nitrogens with one attached hydrogen (secondary N) is 1. The van der Waals surface area contributed by atoms with E-state index in [2.05, 4.69) is 10.3 Å². The van der Waals surface area contributed by atoms with Crippen LogP contribution in [0.5, 0.6) is 5.75 Å². The highest BCUT2D eigenvalue weighted by atomic mass is 35.5. The molecule has 0 spiro atoms. The number of amides is 1. The van der Waals surface area contributed by atoms with E-state index < -0.39 is 17.2 Å². The van der Waals surface area contributed by atoms with Crippen molar-refractivity contribution in [1.29, 1.82) is 0 Å². The lowest BCUT2D eigenvalue weighted by Crippen LogP contribution is -2.27. The SMILES string of the molecule is O=C(NCc1ccc(Cl)c(Cl)c1)c1nc2ccc(Cl)cn2c(=O)c1O. The molecule has 2 heterocycles. The molecule has 0 unspecified atom stereocenters. The van der Waals surface area contributed by atoms with Crippen LogP contribution < -0.4 is 10.9 Å². The third-order valence-electron chi connectivity index (χ3n) is 3.42. The summed E-state index contributed by atoms with van der Waals surface area (Å²) < 4.78 is 1.06. The van der Waals surface area contributed by atoms with E-state index in [1.807, 2.05) is 0 Å². The van der Waals surface area contributed by atoms with Crippen LogP contribution in [0.1, 0.15) is 16.1 Å². The summed E-state index contributed by atoms with van der Waals surface area (Å²) in [4.78, 5) is 28.5. The molecular formula is C16H10Cl3N3O3. The van der Waals surface area contributed by atoms with E-state index in [4.69, 9.17) is 34.8 Å². The van der Waals surface area contributed by atoms with Gasteiger partial charge < -0.3 is 10.4 Å². The molecule has 0 saturated carbocycles. The van der Waals surface area contributed by atoms with Crippen LogP contribution in [0.4, 0.5) is 0 Å². The summed E-state index contributed by atoms with van der Waals surface area (Å²) in [5.74, 6) is -1.45. The van der Waals surface area contributed by atoms with Crippen molar-refractivity contribution in [3.8, 4) is 5.75 Å². The number of fused-ring (bicyclic) bond motifs is 1. The molecule has 0 bridgehead atoms. The first-order chi connectivity index (χ1) is 11.9. The normalized spacial score (nSPS) is 10.8. The van der Waals surface area contributed by atoms with Crippen LogP contribution in [-0.4, -0.2) is 20.4 Å². The van der Waals surface area contributed by atoms with Crippen molar-refractivity contribution in [2.75, 3.05) is 0 Å². The second-order valence-corrected chi connectivity index (χ2v) is 6.37. The van der Waals surface area contributed by atoms with Gasteiger partial charge in [-0.1, -0.05) is 40.9 Å². The quantitative estimate of drug-likeness (QED) is 0.709. The van der Waals surface area contributed by atoms with Crippen molar-refractivity contribution in [1.82, 2.24) is 14.7 Å². The van der Waals surface area contributed by atoms with Crippen LogP contribution in [0.15, 0.2) is 41.3 Å². The van der Waals surface area contributed by atoms with Gasteiger partial charge in [0.05, 0.1) is 15.1 Å². The molecule has 0 radical (unpaired) electrons. The average Bonchev–Trinajstić information content (AvgIpc) is 2.59. The fourth-order valence-corrected chi connectivity index (χ4v) is 2.66. The summed E-state index contributed by atoms with van der Waals surface area (Å²) >= 11 is 17.6. The zero-order valence-electron chi connectivity index (χ0n) is 12.5. The van der Waals surface area contributed by atoms with Crippen LogP contribution in [0.2, 0.25) is 15.1 Å². The van der Waals surface area contributed by atoms with Crippen molar-refractivity contribution >= 4 is 46.4 Å². The number of nitrogens with zero attached hydrogens (tertiary/aromatic N) is 2. The summed E-state index contributed by atoms with van der Waals surface area (Å²) in [5, 5.41) is 13.6. The van der Waals surface area contributed by atoms with E-state index in [1.165, 1.54) is 18.3 Å². The van der Waals surface area contributed by atoms with Gasteiger partial charge in [-0.25, -0.2) is 4.98 Å². The second-order valence-electron chi connectivity index (χ2n) is 5.12. The molecule has 0 aliphatic rings. The van der Waals surface area contributed by atoms with Crippen molar-refractivity contribution in [3.05, 3.63) is 73.2 Å². The Kier molecular flexibility index (Phi) is 4.85. The molecule has 1 amide bonds. The Labute approximate surface area is 156 Å². The zero-order valence-corrected chi connectivity index (χ0v) is 14.7. The van der Waals surface area contributed by atoms with Crippen molar-refractivity contribution in [3.63, 3.8) is 0 Å². The highest BCUT2D eigenvalue weighted by Crippen LogP contribution is 2.22. The third kappa shape index (κ3) is 3.56. The lowest BCUT2D eigenvalue weighted by atomic mass is 10.2. The predicted molar refractivity (Wildman–Crippen MR) is 95.8 cm³/mol. The Morgan fingerprint density at radius 2 is 1.92 bits per heavy atom. The minimum Gasteiger partial charge on any atom is -0.501 e. The van der Waals surface area contributed by atoms with E-state index >= 15 is 0 Å². The first-order valence-electron chi connectivity index (χ1n) is 7.00. The van der Waals surface area contributed by atoms with Gasteiger partial charge in [0.2, 0.25) is 5.75 Å². The minimum absolute atomic E-state index is 0.122. The van der Waals surface area contributed by atoms with Gasteiger partial charge in [-0.05, 0) is 29.8 Å². The molecular weight excluding hydrogens is 389 g/mol. The third-order valence-corrected chi connectivity index (χ3v) is 4.38. The van der Waals surface area contributed by atoms with E-state index in [0.717, 1.165) is 4.40 Å². The smallest absolute Gasteiger partial charge is 0.300 e. The van der Waals surface area contributed by atoms with Crippen molar-refractivity contribution < 1.29 is 9.90 Å². The van der Waals surface area contributed by atoms with Gasteiger partial charge in [-0.3, -0.25) is 14.0 Å². The summed E-state index contributed by atoms with van der Waals surface area (Å²) in [6.45, 7) is 0.122. The number of halogens is 3. The molecule has 6 nitrogen and oxygen atoms in total. The Balaban J connectivity index is 1.89. The number of aromatic nitrogens is 2. The standard InChI is InChI=1S/C16H10Cl3N3O3/c17-9-2-4-12-21-13(14(23)16(25)22(12)7-9)15(24)20-6-8-1-3-10(18)11(19)5-8/h1-5,7,23H,6H2,(H,20,24). The molecule has 128 valence electrons. The molecule has 3 aromatic rings. The fraction of sp³-hybridized carbons (Fsp3) is 0.0625. The molecule has 0 aliphatic carbocycles. The first-order valence-corrected chi connectivity index (χ1v) is 8.13. The second kappa shape index (κ2) is 6.92. The Morgan fingerprint density at radius 1 is 1.16 bits per heavy atom. The summed E-state index contributed by atoms with van der Waals surface area (Å²) in [5.41, 5.74) is -0.266. The van der Waals surface area contributed by atoms with Crippen LogP contribution in [0.3, 0.4) is 0 Å². The maximum absolute atomic E-state index is 12.3. The number of carbonyl (C=O) groups excluding carboxylic acids is 1. The first kappa shape index (κ1) is 17.5. The van der Waals surface area contributed by atoms with Gasteiger partial charge in [0, 0.05) is 12.7 Å². The van der Waals surface area contributed by atoms with Crippen LogP contribution in [-0.2, 0) is 6.54 Å². The monoisotopic (exact) mass is 397 g/mol. The molecule has 25 heavy (non-hydrogen) atoms. The molecule has 9 heteroatoms. The highest BCUT2D eigenvalue weighted by molar-refractivity contribution is 6.42. The molecule has 1 aromatic carbocycles. The molecule has 2 N–H and O–H groups in total. The predicted octanol–water partition coefficient (Wildman–Crippen LogP) is 3.29. The highest BCUT2D eigenvalue weighted by Gasteiger charge is 2.18. The topological polar surface area (TPSA) is 83.7 Å². The molecule has 0 fully saturated rings. The number of carbonyl (C=O) groups is 1. The van der Waals surface area contributed by atoms with Gasteiger partial charge in [0.25, 0.3) is 5.91 Å². The van der Waals surface area contributed by atoms with Gasteiger partial charge in [-0.2, -0.15) is 0 Å². The Morgan fingerprint density at radius 3 is 2.64 bits per heavy atom. The summed E-state index contributed by atoms with van der Waals surface area (Å²) in [7, 11) is 0. The maximum Gasteiger partial charge on any atom is 0.300 e. The van der Waals surface area contributed by atoms with Crippen LogP contribution >= 0.6 is 34.8 Å². The zero-order chi connectivity index (χ0) is 18.1. The molecule has 0 atom stereocenters. The molecule has 3 rings (SSSR count). The number of benzene rings is 1. The number of pyridine rings is 1. The van der Waals surface area contributed by atoms with E-state index in [0.29, 0.717) is 20.6 Å². The lowest BCUT2D eigenvalue weighted by Gasteiger charge is -2.09. The maximum atomic E-state index is 12.3. The van der Waals surface area contributed by atoms with E-state index in [1.54, 1.807) is 18.2 Å². The summed E-state index contributed by atoms with van der Waals surface area (Å²) in [6, 6.07) is 7.90. The van der Waals surface area contributed by atoms with Crippen LogP contribution in [0, 0.1) is 0 Å². The number of hydrogen-bond donors (Lipinski definition) is 2. The molecule has 0 saturated heterocycles. The van der Waals surface area contributed by atoms with Gasteiger partial charge in [0.1, 0.15) is 5.65 Å². The van der Waals surface area contributed by atoms with Crippen molar-refractivity contribution in [2.24, 2.45) is 0 Å². The van der Waals surface area contributed by atoms with Gasteiger partial charge >= 0.3 is 5.56 Å². The van der Waals surface area contributed by atoms with E-state index in [9.17, 15) is 14.7 Å². The molecule has 0 aliphatic heterocycles. The minimum atomic E-state index is -0.785. The largest absolute Gasteiger partial charge is 0.501 e. The Bertz CT molecular complexity index is 1050. The van der Waals surface area contributed by atoms with Gasteiger partial charge in [0.15, 0.2) is 5.69 Å². The summed E-state index contributed by atoms with van der Waals surface area (Å²) in [6.07, 6.45) is 1.31. The number of hydrogen-bond acceptors (Lipinski definition) is 4. The fourth-order valence-electron chi connectivity index (χ4n) is 2.18. The van der Waals surface area contributed by atoms with Crippen LogP contribution in [0.25, 0.3) is 5.65 Å².